The van der Waals surface area contributed by atoms with Gasteiger partial charge in [0, 0.05) is 17.3 Å². The highest BCUT2D eigenvalue weighted by atomic mass is 35.5. The highest BCUT2D eigenvalue weighted by Crippen LogP contribution is 2.30. The molecule has 0 bridgehead atoms. The van der Waals surface area contributed by atoms with Crippen molar-refractivity contribution in [1.29, 1.82) is 0 Å². The molecule has 0 saturated carbocycles. The van der Waals surface area contributed by atoms with E-state index in [0.717, 1.165) is 36.9 Å². The molecule has 0 unspecified atom stereocenters. The minimum Gasteiger partial charge on any atom is -0.489 e. The zero-order chi connectivity index (χ0) is 15.9. The van der Waals surface area contributed by atoms with Crippen molar-refractivity contribution in [3.63, 3.8) is 0 Å². The molecule has 3 rings (SSSR count). The Labute approximate surface area is 132 Å². The lowest BCUT2D eigenvalue weighted by Crippen LogP contribution is -2.19. The van der Waals surface area contributed by atoms with Crippen molar-refractivity contribution in [3.8, 4) is 11.4 Å². The van der Waals surface area contributed by atoms with E-state index in [1.54, 1.807) is 0 Å². The molecule has 1 aliphatic carbocycles. The number of H-pyrrole nitrogens is 1. The Morgan fingerprint density at radius 1 is 1.32 bits per heavy atom. The quantitative estimate of drug-likeness (QED) is 0.937. The summed E-state index contributed by atoms with van der Waals surface area (Å²) in [4.78, 5) is 12.5. The van der Waals surface area contributed by atoms with Crippen LogP contribution in [-0.4, -0.2) is 15.9 Å². The SMILES string of the molecule is CC(C)Oc1cc(-n2[nH]c3c(c2=O)CCCC3)c(F)cc1Cl. The fourth-order valence-corrected chi connectivity index (χ4v) is 2.98. The summed E-state index contributed by atoms with van der Waals surface area (Å²) in [5.41, 5.74) is 1.61. The lowest BCUT2D eigenvalue weighted by atomic mass is 9.98. The third-order valence-electron chi connectivity index (χ3n) is 3.78. The van der Waals surface area contributed by atoms with Gasteiger partial charge >= 0.3 is 0 Å². The van der Waals surface area contributed by atoms with Crippen molar-refractivity contribution in [3.05, 3.63) is 44.6 Å². The van der Waals surface area contributed by atoms with Crippen molar-refractivity contribution in [2.24, 2.45) is 0 Å². The van der Waals surface area contributed by atoms with E-state index < -0.39 is 5.82 Å². The first-order valence-corrected chi connectivity index (χ1v) is 7.84. The predicted molar refractivity (Wildman–Crippen MR) is 83.8 cm³/mol. The molecule has 1 aliphatic rings. The molecule has 118 valence electrons. The van der Waals surface area contributed by atoms with Crippen molar-refractivity contribution in [2.45, 2.75) is 45.6 Å². The number of hydrogen-bond donors (Lipinski definition) is 1. The largest absolute Gasteiger partial charge is 0.489 e. The van der Waals surface area contributed by atoms with Crippen LogP contribution in [0.2, 0.25) is 5.02 Å². The van der Waals surface area contributed by atoms with Gasteiger partial charge in [0.2, 0.25) is 0 Å². The number of ether oxygens (including phenoxy) is 1. The second-order valence-electron chi connectivity index (χ2n) is 5.82. The van der Waals surface area contributed by atoms with Crippen LogP contribution >= 0.6 is 11.6 Å². The molecular weight excluding hydrogens is 307 g/mol. The van der Waals surface area contributed by atoms with E-state index in [9.17, 15) is 9.18 Å². The summed E-state index contributed by atoms with van der Waals surface area (Å²) in [6.45, 7) is 3.72. The fraction of sp³-hybridized carbons (Fsp3) is 0.438. The molecule has 0 radical (unpaired) electrons. The number of rotatable bonds is 3. The first-order chi connectivity index (χ1) is 10.5. The Bertz CT molecular complexity index is 764. The zero-order valence-electron chi connectivity index (χ0n) is 12.6. The summed E-state index contributed by atoms with van der Waals surface area (Å²) < 4.78 is 21.1. The van der Waals surface area contributed by atoms with Crippen molar-refractivity contribution >= 4 is 11.6 Å². The van der Waals surface area contributed by atoms with Crippen LogP contribution in [0.5, 0.6) is 5.75 Å². The Hall–Kier alpha value is -1.75. The van der Waals surface area contributed by atoms with Gasteiger partial charge in [-0.15, -0.1) is 0 Å². The molecule has 6 heteroatoms. The van der Waals surface area contributed by atoms with Gasteiger partial charge in [-0.25, -0.2) is 9.07 Å². The van der Waals surface area contributed by atoms with Crippen molar-refractivity contribution < 1.29 is 9.13 Å². The van der Waals surface area contributed by atoms with E-state index >= 15 is 0 Å². The number of aromatic nitrogens is 2. The van der Waals surface area contributed by atoms with Crippen LogP contribution in [-0.2, 0) is 12.8 Å². The Morgan fingerprint density at radius 2 is 2.05 bits per heavy atom. The summed E-state index contributed by atoms with van der Waals surface area (Å²) in [6.07, 6.45) is 3.50. The maximum absolute atomic E-state index is 14.3. The van der Waals surface area contributed by atoms with E-state index in [-0.39, 0.29) is 22.4 Å². The van der Waals surface area contributed by atoms with E-state index in [2.05, 4.69) is 5.10 Å². The number of nitrogens with zero attached hydrogens (tertiary/aromatic N) is 1. The van der Waals surface area contributed by atoms with E-state index in [0.29, 0.717) is 5.75 Å². The van der Waals surface area contributed by atoms with Gasteiger partial charge in [-0.2, -0.15) is 0 Å². The average molecular weight is 325 g/mol. The van der Waals surface area contributed by atoms with Gasteiger partial charge in [-0.05, 0) is 45.6 Å². The molecular formula is C16H18ClFN2O2. The van der Waals surface area contributed by atoms with Gasteiger partial charge in [0.25, 0.3) is 5.56 Å². The normalized spacial score (nSPS) is 14.2. The van der Waals surface area contributed by atoms with Gasteiger partial charge < -0.3 is 4.74 Å². The topological polar surface area (TPSA) is 47.0 Å². The molecule has 0 amide bonds. The zero-order valence-corrected chi connectivity index (χ0v) is 13.3. The molecule has 0 saturated heterocycles. The summed E-state index contributed by atoms with van der Waals surface area (Å²) in [5, 5.41) is 3.22. The molecule has 0 aliphatic heterocycles. The average Bonchev–Trinajstić information content (AvgIpc) is 2.79. The third-order valence-corrected chi connectivity index (χ3v) is 4.08. The smallest absolute Gasteiger partial charge is 0.274 e. The number of nitrogens with one attached hydrogen (secondary N) is 1. The van der Waals surface area contributed by atoms with Crippen LogP contribution in [0.25, 0.3) is 5.69 Å². The molecule has 1 N–H and O–H groups in total. The minimum atomic E-state index is -0.554. The monoisotopic (exact) mass is 324 g/mol. The molecule has 2 aromatic rings. The molecule has 4 nitrogen and oxygen atoms in total. The Balaban J connectivity index is 2.12. The van der Waals surface area contributed by atoms with E-state index in [4.69, 9.17) is 16.3 Å². The maximum Gasteiger partial charge on any atom is 0.274 e. The summed E-state index contributed by atoms with van der Waals surface area (Å²) >= 11 is 6.01. The van der Waals surface area contributed by atoms with E-state index in [1.165, 1.54) is 16.8 Å². The van der Waals surface area contributed by atoms with Crippen LogP contribution < -0.4 is 10.3 Å². The van der Waals surface area contributed by atoms with Crippen molar-refractivity contribution in [2.75, 3.05) is 0 Å². The molecule has 1 aromatic heterocycles. The molecule has 1 heterocycles. The summed E-state index contributed by atoms with van der Waals surface area (Å²) in [7, 11) is 0. The molecule has 0 atom stereocenters. The predicted octanol–water partition coefficient (Wildman–Crippen LogP) is 3.62. The van der Waals surface area contributed by atoms with Gasteiger partial charge in [0.15, 0.2) is 5.82 Å². The van der Waals surface area contributed by atoms with Gasteiger partial charge in [0.05, 0.1) is 11.1 Å². The standard InChI is InChI=1S/C16H18ClFN2O2/c1-9(2)22-15-8-14(12(18)7-11(15)17)20-16(21)10-5-3-4-6-13(10)19-20/h7-9,19H,3-6H2,1-2H3. The fourth-order valence-electron chi connectivity index (χ4n) is 2.79. The molecule has 22 heavy (non-hydrogen) atoms. The minimum absolute atomic E-state index is 0.0932. The van der Waals surface area contributed by atoms with Crippen LogP contribution in [0.15, 0.2) is 16.9 Å². The van der Waals surface area contributed by atoms with Crippen molar-refractivity contribution in [1.82, 2.24) is 9.78 Å². The van der Waals surface area contributed by atoms with Crippen LogP contribution in [0, 0.1) is 5.82 Å². The number of aromatic amines is 1. The number of fused-ring (bicyclic) bond motifs is 1. The summed E-state index contributed by atoms with van der Waals surface area (Å²) in [6, 6.07) is 2.65. The molecule has 0 fully saturated rings. The van der Waals surface area contributed by atoms with Gasteiger partial charge in [-0.1, -0.05) is 11.6 Å². The lowest BCUT2D eigenvalue weighted by Gasteiger charge is -2.13. The summed E-state index contributed by atoms with van der Waals surface area (Å²) in [5.74, 6) is -0.186. The van der Waals surface area contributed by atoms with Gasteiger partial charge in [-0.3, -0.25) is 9.89 Å². The van der Waals surface area contributed by atoms with Crippen LogP contribution in [0.3, 0.4) is 0 Å². The highest BCUT2D eigenvalue weighted by Gasteiger charge is 2.21. The molecule has 0 spiro atoms. The van der Waals surface area contributed by atoms with Crippen LogP contribution in [0.4, 0.5) is 4.39 Å². The lowest BCUT2D eigenvalue weighted by molar-refractivity contribution is 0.242. The first kappa shape index (κ1) is 15.2. The van der Waals surface area contributed by atoms with Crippen LogP contribution in [0.1, 0.15) is 37.9 Å². The number of aryl methyl sites for hydroxylation is 1. The maximum atomic E-state index is 14.3. The number of halogens is 2. The first-order valence-electron chi connectivity index (χ1n) is 7.46. The molecule has 1 aromatic carbocycles. The number of benzene rings is 1. The van der Waals surface area contributed by atoms with Gasteiger partial charge in [0.1, 0.15) is 11.4 Å². The second-order valence-corrected chi connectivity index (χ2v) is 6.22. The highest BCUT2D eigenvalue weighted by molar-refractivity contribution is 6.32. The Morgan fingerprint density at radius 3 is 2.73 bits per heavy atom. The number of hydrogen-bond acceptors (Lipinski definition) is 2. The van der Waals surface area contributed by atoms with E-state index in [1.807, 2.05) is 13.8 Å². The third kappa shape index (κ3) is 2.65. The second kappa shape index (κ2) is 5.80. The Kier molecular flexibility index (Phi) is 4.00.